The van der Waals surface area contributed by atoms with Crippen LogP contribution in [0.5, 0.6) is 0 Å². The van der Waals surface area contributed by atoms with Crippen LogP contribution < -0.4 is 11.1 Å². The van der Waals surface area contributed by atoms with E-state index in [0.29, 0.717) is 11.8 Å². The van der Waals surface area contributed by atoms with E-state index >= 15 is 0 Å². The second-order valence-corrected chi connectivity index (χ2v) is 7.11. The quantitative estimate of drug-likeness (QED) is 0.794. The van der Waals surface area contributed by atoms with Crippen LogP contribution in [0.2, 0.25) is 0 Å². The molecule has 138 valence electrons. The number of likely N-dealkylation sites (N-methyl/N-ethyl adjacent to an activating group) is 1. The Hall–Kier alpha value is -1.92. The zero-order valence-electron chi connectivity index (χ0n) is 15.4. The van der Waals surface area contributed by atoms with Gasteiger partial charge in [-0.1, -0.05) is 44.2 Å². The monoisotopic (exact) mass is 346 g/mol. The molecule has 0 aromatic heterocycles. The van der Waals surface area contributed by atoms with Gasteiger partial charge in [-0.15, -0.1) is 0 Å². The van der Waals surface area contributed by atoms with E-state index < -0.39 is 0 Å². The molecule has 1 aromatic carbocycles. The highest BCUT2D eigenvalue weighted by molar-refractivity contribution is 5.85. The third-order valence-electron chi connectivity index (χ3n) is 4.97. The van der Waals surface area contributed by atoms with E-state index in [1.54, 1.807) is 4.90 Å². The fourth-order valence-electron chi connectivity index (χ4n) is 3.94. The standard InChI is InChI=1S/C19H30N4O2/c1-14-11-23(13-16-7-5-4-6-8-16)12-15(2)19(14)22(3)18(25)10-21-17(24)9-20/h4-8,14-15,19H,9-13,20H2,1-3H3,(H,21,24). The average Bonchev–Trinajstić information content (AvgIpc) is 2.59. The molecule has 0 spiro atoms. The van der Waals surface area contributed by atoms with Gasteiger partial charge in [0, 0.05) is 32.7 Å². The van der Waals surface area contributed by atoms with E-state index in [0.717, 1.165) is 19.6 Å². The lowest BCUT2D eigenvalue weighted by Crippen LogP contribution is -2.56. The van der Waals surface area contributed by atoms with Crippen molar-refractivity contribution < 1.29 is 9.59 Å². The van der Waals surface area contributed by atoms with Crippen LogP contribution in [-0.2, 0) is 16.1 Å². The van der Waals surface area contributed by atoms with Crippen LogP contribution >= 0.6 is 0 Å². The Morgan fingerprint density at radius 1 is 1.20 bits per heavy atom. The van der Waals surface area contributed by atoms with Crippen molar-refractivity contribution in [3.05, 3.63) is 35.9 Å². The fourth-order valence-corrected chi connectivity index (χ4v) is 3.94. The summed E-state index contributed by atoms with van der Waals surface area (Å²) in [6.45, 7) is 7.15. The molecule has 2 unspecified atom stereocenters. The van der Waals surface area contributed by atoms with E-state index in [2.05, 4.69) is 48.3 Å². The molecule has 1 aliphatic rings. The van der Waals surface area contributed by atoms with Crippen molar-refractivity contribution in [2.45, 2.75) is 26.4 Å². The van der Waals surface area contributed by atoms with Crippen molar-refractivity contribution >= 4 is 11.8 Å². The Balaban J connectivity index is 1.92. The number of piperidine rings is 1. The first-order valence-electron chi connectivity index (χ1n) is 8.91. The first-order valence-corrected chi connectivity index (χ1v) is 8.91. The molecule has 1 heterocycles. The minimum Gasteiger partial charge on any atom is -0.346 e. The molecule has 0 bridgehead atoms. The second kappa shape index (κ2) is 8.97. The third-order valence-corrected chi connectivity index (χ3v) is 4.97. The highest BCUT2D eigenvalue weighted by atomic mass is 16.2. The molecule has 1 fully saturated rings. The molecule has 3 N–H and O–H groups in total. The van der Waals surface area contributed by atoms with Crippen LogP contribution in [0, 0.1) is 11.8 Å². The van der Waals surface area contributed by atoms with E-state index in [1.165, 1.54) is 5.56 Å². The lowest BCUT2D eigenvalue weighted by atomic mass is 9.84. The Kier molecular flexibility index (Phi) is 6.96. The molecule has 2 amide bonds. The molecular weight excluding hydrogens is 316 g/mol. The molecule has 0 saturated carbocycles. The molecule has 0 radical (unpaired) electrons. The van der Waals surface area contributed by atoms with Gasteiger partial charge in [0.25, 0.3) is 0 Å². The summed E-state index contributed by atoms with van der Waals surface area (Å²) in [5.41, 5.74) is 6.57. The lowest BCUT2D eigenvalue weighted by Gasteiger charge is -2.45. The summed E-state index contributed by atoms with van der Waals surface area (Å²) in [5, 5.41) is 2.56. The van der Waals surface area contributed by atoms with Crippen LogP contribution in [0.25, 0.3) is 0 Å². The van der Waals surface area contributed by atoms with E-state index in [1.807, 2.05) is 13.1 Å². The smallest absolute Gasteiger partial charge is 0.241 e. The number of hydrogen-bond donors (Lipinski definition) is 2. The van der Waals surface area contributed by atoms with Crippen molar-refractivity contribution in [2.24, 2.45) is 17.6 Å². The van der Waals surface area contributed by atoms with E-state index in [4.69, 9.17) is 5.73 Å². The molecule has 1 aromatic rings. The van der Waals surface area contributed by atoms with Gasteiger partial charge in [-0.25, -0.2) is 0 Å². The Morgan fingerprint density at radius 2 is 1.80 bits per heavy atom. The largest absolute Gasteiger partial charge is 0.346 e. The first kappa shape index (κ1) is 19.4. The third kappa shape index (κ3) is 5.28. The molecule has 1 saturated heterocycles. The summed E-state index contributed by atoms with van der Waals surface area (Å²) in [5.74, 6) is 0.362. The van der Waals surface area contributed by atoms with Gasteiger partial charge in [0.05, 0.1) is 13.1 Å². The lowest BCUT2D eigenvalue weighted by molar-refractivity contribution is -0.136. The van der Waals surface area contributed by atoms with Gasteiger partial charge in [0.2, 0.25) is 11.8 Å². The van der Waals surface area contributed by atoms with Gasteiger partial charge in [-0.2, -0.15) is 0 Å². The maximum absolute atomic E-state index is 12.4. The minimum absolute atomic E-state index is 0.0101. The van der Waals surface area contributed by atoms with Crippen molar-refractivity contribution in [1.82, 2.24) is 15.1 Å². The molecule has 25 heavy (non-hydrogen) atoms. The van der Waals surface area contributed by atoms with Gasteiger partial charge in [-0.05, 0) is 17.4 Å². The zero-order chi connectivity index (χ0) is 18.4. The number of hydrogen-bond acceptors (Lipinski definition) is 4. The van der Waals surface area contributed by atoms with Crippen molar-refractivity contribution in [2.75, 3.05) is 33.2 Å². The summed E-state index contributed by atoms with van der Waals surface area (Å²) in [4.78, 5) is 27.9. The van der Waals surface area contributed by atoms with Crippen molar-refractivity contribution in [3.8, 4) is 0 Å². The predicted octanol–water partition coefficient (Wildman–Crippen LogP) is 0.676. The molecule has 0 aliphatic carbocycles. The van der Waals surface area contributed by atoms with Crippen LogP contribution in [0.4, 0.5) is 0 Å². The van der Waals surface area contributed by atoms with Crippen LogP contribution in [0.15, 0.2) is 30.3 Å². The van der Waals surface area contributed by atoms with Crippen LogP contribution in [0.1, 0.15) is 19.4 Å². The number of likely N-dealkylation sites (tertiary alicyclic amines) is 1. The Morgan fingerprint density at radius 3 is 2.36 bits per heavy atom. The maximum atomic E-state index is 12.4. The summed E-state index contributed by atoms with van der Waals surface area (Å²) in [6, 6.07) is 10.6. The molecule has 6 nitrogen and oxygen atoms in total. The maximum Gasteiger partial charge on any atom is 0.241 e. The van der Waals surface area contributed by atoms with E-state index in [-0.39, 0.29) is 30.9 Å². The Bertz CT molecular complexity index is 566. The number of rotatable bonds is 6. The van der Waals surface area contributed by atoms with Gasteiger partial charge in [0.1, 0.15) is 0 Å². The molecular formula is C19H30N4O2. The number of amides is 2. The highest BCUT2D eigenvalue weighted by Gasteiger charge is 2.36. The van der Waals surface area contributed by atoms with Gasteiger partial charge in [0.15, 0.2) is 0 Å². The molecule has 6 heteroatoms. The van der Waals surface area contributed by atoms with Crippen LogP contribution in [0.3, 0.4) is 0 Å². The van der Waals surface area contributed by atoms with Gasteiger partial charge in [-0.3, -0.25) is 14.5 Å². The number of nitrogens with two attached hydrogens (primary N) is 1. The summed E-state index contributed by atoms with van der Waals surface area (Å²) >= 11 is 0. The topological polar surface area (TPSA) is 78.7 Å². The van der Waals surface area contributed by atoms with Gasteiger partial charge >= 0.3 is 0 Å². The van der Waals surface area contributed by atoms with E-state index in [9.17, 15) is 9.59 Å². The zero-order valence-corrected chi connectivity index (χ0v) is 15.4. The summed E-state index contributed by atoms with van der Waals surface area (Å²) < 4.78 is 0. The molecule has 2 rings (SSSR count). The minimum atomic E-state index is -0.305. The first-order chi connectivity index (χ1) is 11.9. The number of nitrogens with one attached hydrogen (secondary N) is 1. The normalized spacial score (nSPS) is 23.9. The van der Waals surface area contributed by atoms with Gasteiger partial charge < -0.3 is 16.0 Å². The average molecular weight is 346 g/mol. The second-order valence-electron chi connectivity index (χ2n) is 7.11. The predicted molar refractivity (Wildman–Crippen MR) is 98.7 cm³/mol. The number of carbonyl (C=O) groups excluding carboxylic acids is 2. The number of carbonyl (C=O) groups is 2. The summed E-state index contributed by atoms with van der Waals surface area (Å²) in [7, 11) is 1.83. The summed E-state index contributed by atoms with van der Waals surface area (Å²) in [6.07, 6.45) is 0. The number of nitrogens with zero attached hydrogens (tertiary/aromatic N) is 2. The fraction of sp³-hybridized carbons (Fsp3) is 0.579. The van der Waals surface area contributed by atoms with Crippen molar-refractivity contribution in [3.63, 3.8) is 0 Å². The molecule has 1 aliphatic heterocycles. The van der Waals surface area contributed by atoms with Crippen molar-refractivity contribution in [1.29, 1.82) is 0 Å². The number of benzene rings is 1. The SMILES string of the molecule is CC1CN(Cc2ccccc2)CC(C)C1N(C)C(=O)CNC(=O)CN. The molecule has 2 atom stereocenters. The Labute approximate surface area is 150 Å². The highest BCUT2D eigenvalue weighted by Crippen LogP contribution is 2.27. The van der Waals surface area contributed by atoms with Crippen LogP contribution in [-0.4, -0.2) is 60.9 Å².